The topological polar surface area (TPSA) is 53.2 Å². The Morgan fingerprint density at radius 3 is 1.68 bits per heavy atom. The molecule has 1 N–H and O–H groups in total. The summed E-state index contributed by atoms with van der Waals surface area (Å²) in [5.74, 6) is -0.451. The first-order chi connectivity index (χ1) is 16.0. The number of alkyl halides is 2. The van der Waals surface area contributed by atoms with E-state index >= 15 is 0 Å². The summed E-state index contributed by atoms with van der Waals surface area (Å²) in [6, 6.07) is 6.09. The smallest absolute Gasteiger partial charge is 0.238 e. The predicted molar refractivity (Wildman–Crippen MR) is 127 cm³/mol. The molecule has 0 radical (unpaired) electrons. The summed E-state index contributed by atoms with van der Waals surface area (Å²) < 4.78 is 43.2. The van der Waals surface area contributed by atoms with Crippen molar-refractivity contribution in [3.8, 4) is 6.07 Å². The number of hydrogen-bond donors (Lipinski definition) is 1. The molecule has 0 aliphatic rings. The predicted octanol–water partition coefficient (Wildman–Crippen LogP) is 8.08. The zero-order valence-corrected chi connectivity index (χ0v) is 21.9. The minimum atomic E-state index is -2.14. The number of hydrogen-bond acceptors (Lipinski definition) is 3. The summed E-state index contributed by atoms with van der Waals surface area (Å²) in [4.78, 5) is 0. The average molecular weight is 576 g/mol. The maximum Gasteiger partial charge on any atom is 0.238 e. The normalized spacial score (nSPS) is 11.9. The fourth-order valence-corrected chi connectivity index (χ4v) is 4.03. The fourth-order valence-electron chi connectivity index (χ4n) is 4.03. The van der Waals surface area contributed by atoms with Crippen LogP contribution in [0.4, 0.5) is 13.2 Å². The summed E-state index contributed by atoms with van der Waals surface area (Å²) in [5.41, 5.74) is 0.879. The van der Waals surface area contributed by atoms with Gasteiger partial charge >= 0.3 is 0 Å². The van der Waals surface area contributed by atoms with Crippen molar-refractivity contribution in [1.82, 2.24) is 0 Å². The maximum absolute atomic E-state index is 13.5. The van der Waals surface area contributed by atoms with Gasteiger partial charge in [0.2, 0.25) is 6.43 Å². The summed E-state index contributed by atoms with van der Waals surface area (Å²) in [5, 5.41) is 18.4. The Kier molecular flexibility index (Phi) is 21.9. The minimum Gasteiger partial charge on any atom is -0.394 e. The molecule has 1 atom stereocenters. The van der Waals surface area contributed by atoms with Gasteiger partial charge in [-0.3, -0.25) is 0 Å². The maximum atomic E-state index is 13.5. The van der Waals surface area contributed by atoms with Gasteiger partial charge in [0.25, 0.3) is 0 Å². The molecule has 1 rings (SSSR count). The summed E-state index contributed by atoms with van der Waals surface area (Å²) in [7, 11) is 0. The molecule has 0 saturated heterocycles. The van der Waals surface area contributed by atoms with Gasteiger partial charge in [0.15, 0.2) is 0 Å². The van der Waals surface area contributed by atoms with Crippen molar-refractivity contribution in [2.45, 2.75) is 122 Å². The van der Waals surface area contributed by atoms with Gasteiger partial charge in [0.05, 0.1) is 31.0 Å². The zero-order valence-electron chi connectivity index (χ0n) is 20.4. The van der Waals surface area contributed by atoms with Gasteiger partial charge in [-0.1, -0.05) is 83.5 Å². The molecular weight excluding hydrogens is 534 g/mol. The second kappa shape index (κ2) is 22.5. The molecule has 0 spiro atoms. The number of nitriles is 1. The van der Waals surface area contributed by atoms with Gasteiger partial charge in [-0.25, -0.2) is 13.2 Å². The SMILES string of the molecule is N#Cc1cc(F)cc(COC(CO)CCCCCCCCCCCCCCCCC(F)F)c1.[Pd]. The summed E-state index contributed by atoms with van der Waals surface area (Å²) in [6.07, 6.45) is 14.4. The standard InChI is InChI=1S/C27H42F3NO2.Pd/c28-25-18-23(20-31)17-24(19-25)22-33-26(21-32)15-13-11-9-7-5-3-1-2-4-6-8-10-12-14-16-27(29)30;/h17-19,26-27,32H,1-16,21-22H2;. The number of aliphatic hydroxyl groups is 1. The second-order valence-electron chi connectivity index (χ2n) is 8.99. The fraction of sp³-hybridized carbons (Fsp3) is 0.741. The zero-order chi connectivity index (χ0) is 24.2. The first-order valence-corrected chi connectivity index (χ1v) is 12.7. The Labute approximate surface area is 218 Å². The van der Waals surface area contributed by atoms with Crippen molar-refractivity contribution >= 4 is 0 Å². The Balaban J connectivity index is 0.0000109. The van der Waals surface area contributed by atoms with E-state index in [1.807, 2.05) is 6.07 Å². The molecule has 0 aliphatic heterocycles. The average Bonchev–Trinajstić information content (AvgIpc) is 2.80. The molecule has 0 fully saturated rings. The molecular formula is C27H42F3NO2Pd. The third-order valence-corrected chi connectivity index (χ3v) is 5.97. The van der Waals surface area contributed by atoms with E-state index in [0.29, 0.717) is 12.0 Å². The number of halogens is 3. The van der Waals surface area contributed by atoms with Crippen molar-refractivity contribution in [3.63, 3.8) is 0 Å². The molecule has 0 aromatic heterocycles. The number of rotatable bonds is 21. The molecule has 7 heteroatoms. The molecule has 0 bridgehead atoms. The van der Waals surface area contributed by atoms with E-state index in [4.69, 9.17) is 10.00 Å². The number of unbranched alkanes of at least 4 members (excludes halogenated alkanes) is 13. The van der Waals surface area contributed by atoms with Crippen LogP contribution in [0, 0.1) is 17.1 Å². The van der Waals surface area contributed by atoms with E-state index in [-0.39, 0.29) is 51.7 Å². The van der Waals surface area contributed by atoms with Crippen LogP contribution in [0.25, 0.3) is 0 Å². The van der Waals surface area contributed by atoms with Crippen LogP contribution in [0.2, 0.25) is 0 Å². The van der Waals surface area contributed by atoms with Crippen LogP contribution >= 0.6 is 0 Å². The monoisotopic (exact) mass is 575 g/mol. The minimum absolute atomic E-state index is 0. The van der Waals surface area contributed by atoms with E-state index < -0.39 is 12.2 Å². The van der Waals surface area contributed by atoms with Crippen molar-refractivity contribution in [2.24, 2.45) is 0 Å². The van der Waals surface area contributed by atoms with Gasteiger partial charge in [-0.15, -0.1) is 0 Å². The number of benzene rings is 1. The van der Waals surface area contributed by atoms with E-state index in [1.165, 1.54) is 69.9 Å². The van der Waals surface area contributed by atoms with Gasteiger partial charge in [-0.05, 0) is 36.6 Å². The van der Waals surface area contributed by atoms with Crippen LogP contribution in [0.5, 0.6) is 0 Å². The van der Waals surface area contributed by atoms with E-state index in [2.05, 4.69) is 0 Å². The quantitative estimate of drug-likeness (QED) is 0.119. The third kappa shape index (κ3) is 18.4. The van der Waals surface area contributed by atoms with Crippen LogP contribution < -0.4 is 0 Å². The largest absolute Gasteiger partial charge is 0.394 e. The van der Waals surface area contributed by atoms with E-state index in [0.717, 1.165) is 32.1 Å². The van der Waals surface area contributed by atoms with Gasteiger partial charge < -0.3 is 9.84 Å². The summed E-state index contributed by atoms with van der Waals surface area (Å²) in [6.45, 7) is 0.131. The molecule has 1 unspecified atom stereocenters. The van der Waals surface area contributed by atoms with Crippen LogP contribution in [-0.2, 0) is 31.8 Å². The van der Waals surface area contributed by atoms with Crippen LogP contribution in [0.3, 0.4) is 0 Å². The molecule has 0 amide bonds. The van der Waals surface area contributed by atoms with Gasteiger partial charge in [0, 0.05) is 26.8 Å². The van der Waals surface area contributed by atoms with Gasteiger partial charge in [0.1, 0.15) is 5.82 Å². The van der Waals surface area contributed by atoms with Crippen LogP contribution in [0.15, 0.2) is 18.2 Å². The summed E-state index contributed by atoms with van der Waals surface area (Å²) >= 11 is 0. The van der Waals surface area contributed by atoms with Gasteiger partial charge in [-0.2, -0.15) is 5.26 Å². The van der Waals surface area contributed by atoms with E-state index in [9.17, 15) is 18.3 Å². The molecule has 0 saturated carbocycles. The molecule has 198 valence electrons. The van der Waals surface area contributed by atoms with Crippen molar-refractivity contribution in [2.75, 3.05) is 6.61 Å². The number of nitrogens with zero attached hydrogens (tertiary/aromatic N) is 1. The Hall–Kier alpha value is -0.918. The molecule has 1 aromatic rings. The molecule has 34 heavy (non-hydrogen) atoms. The molecule has 0 aliphatic carbocycles. The molecule has 0 heterocycles. The number of ether oxygens (including phenoxy) is 1. The van der Waals surface area contributed by atoms with Crippen molar-refractivity contribution < 1.29 is 43.4 Å². The van der Waals surface area contributed by atoms with Crippen LogP contribution in [-0.4, -0.2) is 24.2 Å². The Morgan fingerprint density at radius 2 is 1.24 bits per heavy atom. The first-order valence-electron chi connectivity index (χ1n) is 12.7. The van der Waals surface area contributed by atoms with Crippen LogP contribution in [0.1, 0.15) is 114 Å². The first kappa shape index (κ1) is 33.1. The second-order valence-corrected chi connectivity index (χ2v) is 8.99. The number of aliphatic hydroxyl groups excluding tert-OH is 1. The van der Waals surface area contributed by atoms with Crippen molar-refractivity contribution in [1.29, 1.82) is 5.26 Å². The van der Waals surface area contributed by atoms with E-state index in [1.54, 1.807) is 6.07 Å². The molecule has 1 aromatic carbocycles. The third-order valence-electron chi connectivity index (χ3n) is 5.97. The Morgan fingerprint density at radius 1 is 0.765 bits per heavy atom. The Bertz CT molecular complexity index is 655. The molecule has 3 nitrogen and oxygen atoms in total. The van der Waals surface area contributed by atoms with Crippen molar-refractivity contribution in [3.05, 3.63) is 35.1 Å².